The highest BCUT2D eigenvalue weighted by atomic mass is 16.5. The first kappa shape index (κ1) is 9.70. The van der Waals surface area contributed by atoms with Gasteiger partial charge < -0.3 is 10.1 Å². The summed E-state index contributed by atoms with van der Waals surface area (Å²) < 4.78 is 5.79. The third-order valence-electron chi connectivity index (χ3n) is 3.25. The summed E-state index contributed by atoms with van der Waals surface area (Å²) in [6, 6.07) is 3.97. The Morgan fingerprint density at radius 3 is 3.19 bits per heavy atom. The fourth-order valence-electron chi connectivity index (χ4n) is 2.48. The van der Waals surface area contributed by atoms with E-state index in [-0.39, 0.29) is 11.9 Å². The molecular formula is C13H15NO2. The number of carbonyl (C=O) groups excluding carboxylic acids is 1. The van der Waals surface area contributed by atoms with Crippen LogP contribution in [-0.2, 0) is 6.42 Å². The molecule has 0 aliphatic carbocycles. The van der Waals surface area contributed by atoms with E-state index in [0.717, 1.165) is 36.4 Å². The van der Waals surface area contributed by atoms with E-state index in [1.54, 1.807) is 0 Å². The third-order valence-corrected chi connectivity index (χ3v) is 3.25. The Bertz CT molecular complexity index is 453. The van der Waals surface area contributed by atoms with Gasteiger partial charge in [0.2, 0.25) is 0 Å². The smallest absolute Gasteiger partial charge is 0.165 e. The molecule has 16 heavy (non-hydrogen) atoms. The van der Waals surface area contributed by atoms with Gasteiger partial charge in [-0.25, -0.2) is 0 Å². The Morgan fingerprint density at radius 1 is 1.44 bits per heavy atom. The van der Waals surface area contributed by atoms with Crippen molar-refractivity contribution in [1.82, 2.24) is 0 Å². The number of rotatable bonds is 0. The van der Waals surface area contributed by atoms with Gasteiger partial charge in [-0.2, -0.15) is 0 Å². The van der Waals surface area contributed by atoms with Crippen LogP contribution in [0.4, 0.5) is 5.69 Å². The zero-order chi connectivity index (χ0) is 11.1. The fraction of sp³-hybridized carbons (Fsp3) is 0.462. The van der Waals surface area contributed by atoms with Gasteiger partial charge in [0, 0.05) is 30.5 Å². The number of Topliss-reactive ketones (excluding diaryl/α,β-unsaturated/α-hetero) is 1. The summed E-state index contributed by atoms with van der Waals surface area (Å²) in [5.41, 5.74) is 2.93. The summed E-state index contributed by atoms with van der Waals surface area (Å²) in [7, 11) is 0. The summed E-state index contributed by atoms with van der Waals surface area (Å²) in [5, 5.41) is 3.33. The zero-order valence-electron chi connectivity index (χ0n) is 9.38. The predicted octanol–water partition coefficient (Wildman–Crippen LogP) is 2.40. The summed E-state index contributed by atoms with van der Waals surface area (Å²) in [6.07, 6.45) is 2.70. The standard InChI is InChI=1S/C13H15NO2/c1-8-7-9-4-5-10-11(15)3-2-6-14-12(10)13(9)16-8/h4-5,8,14H,2-3,6-7H2,1H3. The molecule has 84 valence electrons. The highest BCUT2D eigenvalue weighted by molar-refractivity contribution is 6.03. The van der Waals surface area contributed by atoms with Crippen molar-refractivity contribution in [2.24, 2.45) is 0 Å². The molecule has 0 bridgehead atoms. The molecule has 1 N–H and O–H groups in total. The van der Waals surface area contributed by atoms with Gasteiger partial charge >= 0.3 is 0 Å². The minimum atomic E-state index is 0.224. The number of fused-ring (bicyclic) bond motifs is 3. The van der Waals surface area contributed by atoms with Crippen LogP contribution in [0, 0.1) is 0 Å². The first-order chi connectivity index (χ1) is 7.75. The monoisotopic (exact) mass is 217 g/mol. The van der Waals surface area contributed by atoms with Crippen LogP contribution in [0.25, 0.3) is 0 Å². The van der Waals surface area contributed by atoms with Gasteiger partial charge in [-0.1, -0.05) is 6.07 Å². The second kappa shape index (κ2) is 3.51. The van der Waals surface area contributed by atoms with Crippen LogP contribution < -0.4 is 10.1 Å². The average Bonchev–Trinajstić information content (AvgIpc) is 2.54. The molecule has 0 aromatic heterocycles. The fourth-order valence-corrected chi connectivity index (χ4v) is 2.48. The third kappa shape index (κ3) is 1.39. The number of anilines is 1. The van der Waals surface area contributed by atoms with Crippen molar-refractivity contribution < 1.29 is 9.53 Å². The number of nitrogens with one attached hydrogen (secondary N) is 1. The van der Waals surface area contributed by atoms with Crippen molar-refractivity contribution in [3.8, 4) is 5.75 Å². The highest BCUT2D eigenvalue weighted by Crippen LogP contribution is 2.40. The van der Waals surface area contributed by atoms with Crippen LogP contribution in [0.15, 0.2) is 12.1 Å². The van der Waals surface area contributed by atoms with Gasteiger partial charge in [-0.05, 0) is 19.4 Å². The lowest BCUT2D eigenvalue weighted by Gasteiger charge is -2.12. The minimum absolute atomic E-state index is 0.224. The topological polar surface area (TPSA) is 38.3 Å². The van der Waals surface area contributed by atoms with E-state index in [4.69, 9.17) is 4.74 Å². The molecule has 0 radical (unpaired) electrons. The van der Waals surface area contributed by atoms with Gasteiger partial charge in [-0.15, -0.1) is 0 Å². The Labute approximate surface area is 94.8 Å². The van der Waals surface area contributed by atoms with E-state index in [0.29, 0.717) is 6.42 Å². The van der Waals surface area contributed by atoms with Crippen LogP contribution in [0.5, 0.6) is 5.75 Å². The number of benzene rings is 1. The van der Waals surface area contributed by atoms with Crippen molar-refractivity contribution in [2.45, 2.75) is 32.3 Å². The van der Waals surface area contributed by atoms with Crippen LogP contribution in [0.3, 0.4) is 0 Å². The summed E-state index contributed by atoms with van der Waals surface area (Å²) >= 11 is 0. The first-order valence-corrected chi connectivity index (χ1v) is 5.85. The van der Waals surface area contributed by atoms with Crippen LogP contribution >= 0.6 is 0 Å². The Balaban J connectivity index is 2.14. The van der Waals surface area contributed by atoms with Crippen LogP contribution in [0.1, 0.15) is 35.7 Å². The Hall–Kier alpha value is -1.51. The van der Waals surface area contributed by atoms with Gasteiger partial charge in [0.15, 0.2) is 5.78 Å². The maximum atomic E-state index is 11.9. The molecule has 2 aliphatic heterocycles. The molecule has 1 atom stereocenters. The minimum Gasteiger partial charge on any atom is -0.488 e. The second-order valence-electron chi connectivity index (χ2n) is 4.56. The number of carbonyl (C=O) groups is 1. The molecule has 1 unspecified atom stereocenters. The van der Waals surface area contributed by atoms with Crippen molar-refractivity contribution in [3.63, 3.8) is 0 Å². The largest absolute Gasteiger partial charge is 0.488 e. The summed E-state index contributed by atoms with van der Waals surface area (Å²) in [6.45, 7) is 2.91. The molecule has 3 heteroatoms. The molecule has 2 aliphatic rings. The predicted molar refractivity (Wildman–Crippen MR) is 62.3 cm³/mol. The van der Waals surface area contributed by atoms with Crippen molar-refractivity contribution in [1.29, 1.82) is 0 Å². The quantitative estimate of drug-likeness (QED) is 0.725. The van der Waals surface area contributed by atoms with E-state index < -0.39 is 0 Å². The summed E-state index contributed by atoms with van der Waals surface area (Å²) in [4.78, 5) is 11.9. The number of ether oxygens (including phenoxy) is 1. The first-order valence-electron chi connectivity index (χ1n) is 5.85. The van der Waals surface area contributed by atoms with Crippen molar-refractivity contribution in [2.75, 3.05) is 11.9 Å². The number of hydrogen-bond donors (Lipinski definition) is 1. The molecule has 2 heterocycles. The molecule has 0 spiro atoms. The van der Waals surface area contributed by atoms with Gasteiger partial charge in [0.1, 0.15) is 11.9 Å². The molecule has 0 fully saturated rings. The molecule has 1 aromatic rings. The van der Waals surface area contributed by atoms with Crippen LogP contribution in [0.2, 0.25) is 0 Å². The molecule has 0 amide bonds. The second-order valence-corrected chi connectivity index (χ2v) is 4.56. The molecule has 0 saturated heterocycles. The normalized spacial score (nSPS) is 22.8. The lowest BCUT2D eigenvalue weighted by Crippen LogP contribution is -2.07. The number of ketones is 1. The van der Waals surface area contributed by atoms with E-state index in [9.17, 15) is 4.79 Å². The van der Waals surface area contributed by atoms with Gasteiger partial charge in [-0.3, -0.25) is 4.79 Å². The van der Waals surface area contributed by atoms with E-state index in [1.165, 1.54) is 5.56 Å². The molecule has 3 rings (SSSR count). The van der Waals surface area contributed by atoms with Gasteiger partial charge in [0.05, 0.1) is 5.69 Å². The van der Waals surface area contributed by atoms with Crippen molar-refractivity contribution in [3.05, 3.63) is 23.3 Å². The highest BCUT2D eigenvalue weighted by Gasteiger charge is 2.27. The number of hydrogen-bond acceptors (Lipinski definition) is 3. The Morgan fingerprint density at radius 2 is 2.31 bits per heavy atom. The lowest BCUT2D eigenvalue weighted by atomic mass is 10.0. The van der Waals surface area contributed by atoms with E-state index >= 15 is 0 Å². The van der Waals surface area contributed by atoms with Crippen LogP contribution in [-0.4, -0.2) is 18.4 Å². The molecule has 3 nitrogen and oxygen atoms in total. The Kier molecular flexibility index (Phi) is 2.13. The SMILES string of the molecule is CC1Cc2ccc3c(c2O1)NCCCC3=O. The maximum absolute atomic E-state index is 11.9. The maximum Gasteiger partial charge on any atom is 0.165 e. The van der Waals surface area contributed by atoms with E-state index in [2.05, 4.69) is 12.2 Å². The van der Waals surface area contributed by atoms with Gasteiger partial charge in [0.25, 0.3) is 0 Å². The average molecular weight is 217 g/mol. The molecule has 1 aromatic carbocycles. The van der Waals surface area contributed by atoms with E-state index in [1.807, 2.05) is 12.1 Å². The zero-order valence-corrected chi connectivity index (χ0v) is 9.38. The lowest BCUT2D eigenvalue weighted by molar-refractivity contribution is 0.0983. The molecule has 0 saturated carbocycles. The summed E-state index contributed by atoms with van der Waals surface area (Å²) in [5.74, 6) is 1.13. The van der Waals surface area contributed by atoms with Crippen molar-refractivity contribution >= 4 is 11.5 Å². The molecular weight excluding hydrogens is 202 g/mol.